The zero-order valence-corrected chi connectivity index (χ0v) is 11.0. The van der Waals surface area contributed by atoms with Crippen molar-refractivity contribution in [2.24, 2.45) is 5.92 Å². The molecule has 0 aromatic heterocycles. The molecule has 0 fully saturated rings. The predicted octanol–water partition coefficient (Wildman–Crippen LogP) is 2.56. The van der Waals surface area contributed by atoms with E-state index in [9.17, 15) is 9.18 Å². The summed E-state index contributed by atoms with van der Waals surface area (Å²) in [6.07, 6.45) is 0.277. The summed E-state index contributed by atoms with van der Waals surface area (Å²) in [4.78, 5) is 11.7. The van der Waals surface area contributed by atoms with E-state index in [1.54, 1.807) is 6.07 Å². The van der Waals surface area contributed by atoms with Gasteiger partial charge >= 0.3 is 0 Å². The highest BCUT2D eigenvalue weighted by Crippen LogP contribution is 2.16. The highest BCUT2D eigenvalue weighted by atomic mass is 79.9. The van der Waals surface area contributed by atoms with Crippen LogP contribution >= 0.6 is 15.9 Å². The van der Waals surface area contributed by atoms with Crippen molar-refractivity contribution in [2.75, 3.05) is 13.6 Å². The maximum absolute atomic E-state index is 13.1. The summed E-state index contributed by atoms with van der Waals surface area (Å²) >= 11 is 3.21. The van der Waals surface area contributed by atoms with Crippen LogP contribution in [0, 0.1) is 11.7 Å². The number of benzene rings is 1. The van der Waals surface area contributed by atoms with Crippen molar-refractivity contribution >= 4 is 21.7 Å². The molecule has 88 valence electrons. The van der Waals surface area contributed by atoms with E-state index in [0.717, 1.165) is 0 Å². The van der Waals surface area contributed by atoms with E-state index < -0.39 is 0 Å². The summed E-state index contributed by atoms with van der Waals surface area (Å²) in [5, 5.41) is 2.95. The van der Waals surface area contributed by atoms with Crippen molar-refractivity contribution in [1.82, 2.24) is 5.32 Å². The first-order valence-corrected chi connectivity index (χ1v) is 5.94. The molecule has 1 unspecified atom stereocenters. The number of Topliss-reactive ketones (excluding diaryl/α,β-unsaturated/α-hetero) is 1. The molecule has 0 aliphatic rings. The number of ketones is 1. The molecule has 1 N–H and O–H groups in total. The Morgan fingerprint density at radius 3 is 2.75 bits per heavy atom. The summed E-state index contributed by atoms with van der Waals surface area (Å²) in [6.45, 7) is 2.52. The molecule has 2 nitrogen and oxygen atoms in total. The lowest BCUT2D eigenvalue weighted by atomic mass is 9.99. The molecule has 0 saturated carbocycles. The van der Waals surface area contributed by atoms with Crippen LogP contribution in [-0.2, 0) is 11.2 Å². The van der Waals surface area contributed by atoms with Crippen LogP contribution in [-0.4, -0.2) is 19.4 Å². The Balaban J connectivity index is 2.69. The van der Waals surface area contributed by atoms with Crippen LogP contribution in [0.15, 0.2) is 22.7 Å². The van der Waals surface area contributed by atoms with Crippen molar-refractivity contribution < 1.29 is 9.18 Å². The normalized spacial score (nSPS) is 12.5. The molecule has 0 aliphatic heterocycles. The van der Waals surface area contributed by atoms with Crippen LogP contribution in [0.2, 0.25) is 0 Å². The quantitative estimate of drug-likeness (QED) is 0.902. The first kappa shape index (κ1) is 13.3. The van der Waals surface area contributed by atoms with Crippen molar-refractivity contribution in [3.05, 3.63) is 34.1 Å². The van der Waals surface area contributed by atoms with Gasteiger partial charge in [0.15, 0.2) is 0 Å². The number of nitrogens with one attached hydrogen (secondary N) is 1. The molecule has 0 heterocycles. The van der Waals surface area contributed by atoms with E-state index in [-0.39, 0.29) is 23.9 Å². The van der Waals surface area contributed by atoms with E-state index in [4.69, 9.17) is 0 Å². The number of carbonyl (C=O) groups is 1. The van der Waals surface area contributed by atoms with E-state index in [1.807, 2.05) is 14.0 Å². The molecule has 16 heavy (non-hydrogen) atoms. The van der Waals surface area contributed by atoms with Crippen LogP contribution in [0.1, 0.15) is 12.5 Å². The van der Waals surface area contributed by atoms with Gasteiger partial charge in [0.05, 0.1) is 0 Å². The third kappa shape index (κ3) is 4.02. The van der Waals surface area contributed by atoms with Gasteiger partial charge in [0.1, 0.15) is 11.6 Å². The molecule has 0 spiro atoms. The number of carbonyl (C=O) groups excluding carboxylic acids is 1. The summed E-state index contributed by atoms with van der Waals surface area (Å²) in [5.74, 6) is -0.252. The van der Waals surface area contributed by atoms with Crippen LogP contribution in [0.5, 0.6) is 0 Å². The Labute approximate surface area is 103 Å². The Morgan fingerprint density at radius 2 is 2.19 bits per heavy atom. The zero-order chi connectivity index (χ0) is 12.1. The third-order valence-electron chi connectivity index (χ3n) is 2.36. The predicted molar refractivity (Wildman–Crippen MR) is 65.9 cm³/mol. The molecule has 0 saturated heterocycles. The van der Waals surface area contributed by atoms with Gasteiger partial charge in [-0.15, -0.1) is 0 Å². The topological polar surface area (TPSA) is 29.1 Å². The second-order valence-corrected chi connectivity index (χ2v) is 4.80. The monoisotopic (exact) mass is 287 g/mol. The summed E-state index contributed by atoms with van der Waals surface area (Å²) in [7, 11) is 1.81. The van der Waals surface area contributed by atoms with Gasteiger partial charge in [0, 0.05) is 23.4 Å². The van der Waals surface area contributed by atoms with Crippen molar-refractivity contribution in [1.29, 1.82) is 0 Å². The molecule has 1 aromatic carbocycles. The van der Waals surface area contributed by atoms with Crippen LogP contribution in [0.4, 0.5) is 4.39 Å². The van der Waals surface area contributed by atoms with Crippen molar-refractivity contribution in [2.45, 2.75) is 13.3 Å². The van der Waals surface area contributed by atoms with Gasteiger partial charge in [-0.1, -0.05) is 22.9 Å². The largest absolute Gasteiger partial charge is 0.319 e. The minimum Gasteiger partial charge on any atom is -0.319 e. The maximum atomic E-state index is 13.1. The SMILES string of the molecule is CNCC(C)C(=O)Cc1cc(F)cc(Br)c1. The van der Waals surface area contributed by atoms with Crippen LogP contribution in [0.25, 0.3) is 0 Å². The maximum Gasteiger partial charge on any atom is 0.141 e. The average Bonchev–Trinajstić information content (AvgIpc) is 2.16. The van der Waals surface area contributed by atoms with Gasteiger partial charge in [-0.25, -0.2) is 4.39 Å². The van der Waals surface area contributed by atoms with Gasteiger partial charge < -0.3 is 5.32 Å². The fraction of sp³-hybridized carbons (Fsp3) is 0.417. The van der Waals surface area contributed by atoms with E-state index in [2.05, 4.69) is 21.2 Å². The first-order chi connectivity index (χ1) is 7.52. The van der Waals surface area contributed by atoms with Gasteiger partial charge in [0.2, 0.25) is 0 Å². The van der Waals surface area contributed by atoms with Crippen LogP contribution in [0.3, 0.4) is 0 Å². The van der Waals surface area contributed by atoms with Gasteiger partial charge in [-0.05, 0) is 30.8 Å². The standard InChI is InChI=1S/C12H15BrFNO/c1-8(7-15-2)12(16)5-9-3-10(13)6-11(14)4-9/h3-4,6,8,15H,5,7H2,1-2H3. The van der Waals surface area contributed by atoms with E-state index in [0.29, 0.717) is 16.6 Å². The molecule has 1 rings (SSSR count). The number of halogens is 2. The highest BCUT2D eigenvalue weighted by molar-refractivity contribution is 9.10. The van der Waals surface area contributed by atoms with Gasteiger partial charge in [-0.3, -0.25) is 4.79 Å². The molecule has 1 atom stereocenters. The Bertz CT molecular complexity index is 361. The van der Waals surface area contributed by atoms with Crippen molar-refractivity contribution in [3.8, 4) is 0 Å². The fourth-order valence-electron chi connectivity index (χ4n) is 1.51. The summed E-state index contributed by atoms with van der Waals surface area (Å²) < 4.78 is 13.7. The minimum atomic E-state index is -0.321. The lowest BCUT2D eigenvalue weighted by molar-refractivity contribution is -0.121. The van der Waals surface area contributed by atoms with Crippen molar-refractivity contribution in [3.63, 3.8) is 0 Å². The smallest absolute Gasteiger partial charge is 0.141 e. The van der Waals surface area contributed by atoms with E-state index >= 15 is 0 Å². The first-order valence-electron chi connectivity index (χ1n) is 5.15. The number of hydrogen-bond donors (Lipinski definition) is 1. The zero-order valence-electron chi connectivity index (χ0n) is 9.39. The molecule has 0 radical (unpaired) electrons. The van der Waals surface area contributed by atoms with Gasteiger partial charge in [0.25, 0.3) is 0 Å². The molecule has 0 bridgehead atoms. The van der Waals surface area contributed by atoms with Crippen LogP contribution < -0.4 is 5.32 Å². The Kier molecular flexibility index (Phi) is 5.09. The number of rotatable bonds is 5. The van der Waals surface area contributed by atoms with Gasteiger partial charge in [-0.2, -0.15) is 0 Å². The third-order valence-corrected chi connectivity index (χ3v) is 2.82. The minimum absolute atomic E-state index is 0.0490. The molecular weight excluding hydrogens is 273 g/mol. The summed E-state index contributed by atoms with van der Waals surface area (Å²) in [5.41, 5.74) is 0.708. The second kappa shape index (κ2) is 6.11. The second-order valence-electron chi connectivity index (χ2n) is 3.88. The molecule has 0 aliphatic carbocycles. The number of hydrogen-bond acceptors (Lipinski definition) is 2. The lowest BCUT2D eigenvalue weighted by Gasteiger charge is -2.09. The Morgan fingerprint density at radius 1 is 1.50 bits per heavy atom. The molecule has 4 heteroatoms. The fourth-order valence-corrected chi connectivity index (χ4v) is 2.02. The average molecular weight is 288 g/mol. The Hall–Kier alpha value is -0.740. The molecule has 1 aromatic rings. The highest BCUT2D eigenvalue weighted by Gasteiger charge is 2.13. The van der Waals surface area contributed by atoms with E-state index in [1.165, 1.54) is 12.1 Å². The molecule has 0 amide bonds. The molecular formula is C12H15BrFNO. The lowest BCUT2D eigenvalue weighted by Crippen LogP contribution is -2.24. The summed E-state index contributed by atoms with van der Waals surface area (Å²) in [6, 6.07) is 4.55.